The number of nitrogens with zero attached hydrogens (tertiary/aromatic N) is 2. The maximum Gasteiger partial charge on any atom is 0.254 e. The summed E-state index contributed by atoms with van der Waals surface area (Å²) in [5.74, 6) is 0.116. The van der Waals surface area contributed by atoms with Gasteiger partial charge in [0.25, 0.3) is 5.91 Å². The van der Waals surface area contributed by atoms with Gasteiger partial charge in [-0.1, -0.05) is 25.5 Å². The molecule has 5 nitrogen and oxygen atoms in total. The third-order valence-corrected chi connectivity index (χ3v) is 3.17. The molecule has 0 atom stereocenters. The molecule has 1 amide bonds. The summed E-state index contributed by atoms with van der Waals surface area (Å²) >= 11 is 0. The summed E-state index contributed by atoms with van der Waals surface area (Å²) in [5, 5.41) is 6.20. The average molecular weight is 297 g/mol. The van der Waals surface area contributed by atoms with Crippen molar-refractivity contribution in [3.63, 3.8) is 0 Å². The minimum Gasteiger partial charge on any atom is -0.348 e. The first-order valence-electron chi connectivity index (χ1n) is 6.65. The first-order valence-corrected chi connectivity index (χ1v) is 6.65. The second-order valence-corrected chi connectivity index (χ2v) is 4.98. The van der Waals surface area contributed by atoms with Gasteiger partial charge in [0.15, 0.2) is 0 Å². The van der Waals surface area contributed by atoms with Crippen molar-refractivity contribution in [2.45, 2.75) is 26.2 Å². The summed E-state index contributed by atoms with van der Waals surface area (Å²) in [7, 11) is 0. The van der Waals surface area contributed by atoms with Crippen LogP contribution >= 0.6 is 12.4 Å². The molecule has 2 heterocycles. The lowest BCUT2D eigenvalue weighted by Gasteiger charge is -2.15. The zero-order chi connectivity index (χ0) is 13.7. The molecule has 0 saturated heterocycles. The summed E-state index contributed by atoms with van der Waals surface area (Å²) in [5.41, 5.74) is 2.65. The van der Waals surface area contributed by atoms with Crippen LogP contribution in [0.3, 0.4) is 0 Å². The van der Waals surface area contributed by atoms with E-state index in [9.17, 15) is 4.79 Å². The van der Waals surface area contributed by atoms with E-state index in [1.165, 1.54) is 11.9 Å². The number of carbonyl (C=O) groups is 1. The topological polar surface area (TPSA) is 66.9 Å². The fourth-order valence-electron chi connectivity index (χ4n) is 2.09. The van der Waals surface area contributed by atoms with Gasteiger partial charge in [-0.2, -0.15) is 0 Å². The van der Waals surface area contributed by atoms with Crippen molar-refractivity contribution in [3.8, 4) is 0 Å². The Morgan fingerprint density at radius 3 is 2.95 bits per heavy atom. The summed E-state index contributed by atoms with van der Waals surface area (Å²) in [6.07, 6.45) is 6.20. The number of nitrogens with one attached hydrogen (secondary N) is 2. The number of halogens is 1. The van der Waals surface area contributed by atoms with Gasteiger partial charge in [0.2, 0.25) is 0 Å². The van der Waals surface area contributed by atoms with Gasteiger partial charge in [0, 0.05) is 19.3 Å². The van der Waals surface area contributed by atoms with Crippen molar-refractivity contribution in [1.29, 1.82) is 0 Å². The Balaban J connectivity index is 0.00000200. The second kappa shape index (κ2) is 7.97. The third-order valence-electron chi connectivity index (χ3n) is 3.17. The van der Waals surface area contributed by atoms with E-state index in [1.54, 1.807) is 6.20 Å². The van der Waals surface area contributed by atoms with Gasteiger partial charge in [-0.25, -0.2) is 9.97 Å². The number of hydrogen-bond acceptors (Lipinski definition) is 4. The molecular weight excluding hydrogens is 276 g/mol. The average Bonchev–Trinajstić information content (AvgIpc) is 2.46. The van der Waals surface area contributed by atoms with Gasteiger partial charge >= 0.3 is 0 Å². The molecule has 0 aromatic carbocycles. The zero-order valence-corrected chi connectivity index (χ0v) is 12.7. The van der Waals surface area contributed by atoms with E-state index in [1.807, 2.05) is 13.8 Å². The molecule has 0 unspecified atom stereocenters. The molecule has 1 aliphatic rings. The van der Waals surface area contributed by atoms with Crippen molar-refractivity contribution >= 4 is 18.3 Å². The monoisotopic (exact) mass is 296 g/mol. The Morgan fingerprint density at radius 2 is 2.30 bits per heavy atom. The van der Waals surface area contributed by atoms with Crippen LogP contribution in [0, 0.1) is 0 Å². The van der Waals surface area contributed by atoms with Crippen molar-refractivity contribution in [2.75, 3.05) is 19.6 Å². The minimum atomic E-state index is -0.0938. The van der Waals surface area contributed by atoms with Crippen LogP contribution in [0.25, 0.3) is 0 Å². The fourth-order valence-corrected chi connectivity index (χ4v) is 2.09. The van der Waals surface area contributed by atoms with Crippen LogP contribution in [-0.4, -0.2) is 35.5 Å². The first kappa shape index (κ1) is 16.6. The highest BCUT2D eigenvalue weighted by atomic mass is 35.5. The summed E-state index contributed by atoms with van der Waals surface area (Å²) in [4.78, 5) is 20.3. The lowest BCUT2D eigenvalue weighted by atomic mass is 10.0. The van der Waals surface area contributed by atoms with Gasteiger partial charge in [0.1, 0.15) is 6.33 Å². The molecule has 0 bridgehead atoms. The molecule has 6 heteroatoms. The van der Waals surface area contributed by atoms with Gasteiger partial charge in [-0.15, -0.1) is 12.4 Å². The molecule has 2 N–H and O–H groups in total. The Labute approximate surface area is 125 Å². The summed E-state index contributed by atoms with van der Waals surface area (Å²) < 4.78 is 0. The van der Waals surface area contributed by atoms with Crippen molar-refractivity contribution in [3.05, 3.63) is 35.4 Å². The molecule has 0 saturated carbocycles. The molecule has 0 spiro atoms. The smallest absolute Gasteiger partial charge is 0.254 e. The number of rotatable bonds is 4. The lowest BCUT2D eigenvalue weighted by molar-refractivity contribution is 0.0954. The zero-order valence-electron chi connectivity index (χ0n) is 11.8. The van der Waals surface area contributed by atoms with E-state index >= 15 is 0 Å². The van der Waals surface area contributed by atoms with Crippen LogP contribution in [0.15, 0.2) is 24.2 Å². The highest BCUT2D eigenvalue weighted by Gasteiger charge is 2.15. The van der Waals surface area contributed by atoms with Gasteiger partial charge in [-0.05, 0) is 18.9 Å². The van der Waals surface area contributed by atoms with Crippen LogP contribution < -0.4 is 10.6 Å². The first-order chi connectivity index (χ1) is 9.18. The Bertz CT molecular complexity index is 488. The minimum absolute atomic E-state index is 0. The maximum absolute atomic E-state index is 12.2. The Morgan fingerprint density at radius 1 is 1.50 bits per heavy atom. The molecule has 2 rings (SSSR count). The fraction of sp³-hybridized carbons (Fsp3) is 0.500. The van der Waals surface area contributed by atoms with Crippen LogP contribution in [0.5, 0.6) is 0 Å². The standard InChI is InChI=1S/C14H20N4O.ClH/c1-10(2)13-12(8-16-9-18-13)14(19)17-7-11-3-5-15-6-4-11;/h3,8-10,15H,4-7H2,1-2H3,(H,17,19);1H. The van der Waals surface area contributed by atoms with E-state index in [2.05, 4.69) is 26.7 Å². The molecule has 0 aliphatic carbocycles. The van der Waals surface area contributed by atoms with Crippen molar-refractivity contribution in [1.82, 2.24) is 20.6 Å². The number of hydrogen-bond donors (Lipinski definition) is 2. The quantitative estimate of drug-likeness (QED) is 0.830. The van der Waals surface area contributed by atoms with Gasteiger partial charge in [-0.3, -0.25) is 4.79 Å². The summed E-state index contributed by atoms with van der Waals surface area (Å²) in [6.45, 7) is 6.51. The van der Waals surface area contributed by atoms with Crippen LogP contribution in [0.4, 0.5) is 0 Å². The molecule has 1 aliphatic heterocycles. The van der Waals surface area contributed by atoms with E-state index in [0.717, 1.165) is 25.2 Å². The Hall–Kier alpha value is -1.46. The van der Waals surface area contributed by atoms with Crippen molar-refractivity contribution < 1.29 is 4.79 Å². The molecule has 0 radical (unpaired) electrons. The number of carbonyl (C=O) groups excluding carboxylic acids is 1. The van der Waals surface area contributed by atoms with Gasteiger partial charge < -0.3 is 10.6 Å². The van der Waals surface area contributed by atoms with Crippen molar-refractivity contribution in [2.24, 2.45) is 0 Å². The lowest BCUT2D eigenvalue weighted by Crippen LogP contribution is -2.30. The van der Waals surface area contributed by atoms with Crippen LogP contribution in [-0.2, 0) is 0 Å². The SMILES string of the molecule is CC(C)c1ncncc1C(=O)NCC1=CCNCC1.Cl. The predicted molar refractivity (Wildman–Crippen MR) is 81.3 cm³/mol. The van der Waals surface area contributed by atoms with E-state index in [-0.39, 0.29) is 24.2 Å². The van der Waals surface area contributed by atoms with E-state index < -0.39 is 0 Å². The van der Waals surface area contributed by atoms with E-state index in [0.29, 0.717) is 12.1 Å². The molecule has 110 valence electrons. The van der Waals surface area contributed by atoms with Gasteiger partial charge in [0.05, 0.1) is 11.3 Å². The molecule has 1 aromatic rings. The molecule has 0 fully saturated rings. The largest absolute Gasteiger partial charge is 0.348 e. The molecule has 1 aromatic heterocycles. The second-order valence-electron chi connectivity index (χ2n) is 4.98. The number of aromatic nitrogens is 2. The predicted octanol–water partition coefficient (Wildman–Crippen LogP) is 1.67. The highest BCUT2D eigenvalue weighted by Crippen LogP contribution is 2.15. The molecular formula is C14H21ClN4O. The van der Waals surface area contributed by atoms with E-state index in [4.69, 9.17) is 0 Å². The summed E-state index contributed by atoms with van der Waals surface area (Å²) in [6, 6.07) is 0. The molecule has 20 heavy (non-hydrogen) atoms. The van der Waals surface area contributed by atoms with Crippen LogP contribution in [0.2, 0.25) is 0 Å². The third kappa shape index (κ3) is 4.28. The maximum atomic E-state index is 12.2. The highest BCUT2D eigenvalue weighted by molar-refractivity contribution is 5.95. The van der Waals surface area contributed by atoms with Crippen LogP contribution in [0.1, 0.15) is 42.2 Å². The number of amides is 1. The normalized spacial score (nSPS) is 14.4. The Kier molecular flexibility index (Phi) is 6.61.